The Labute approximate surface area is 350 Å². The van der Waals surface area contributed by atoms with E-state index in [2.05, 4.69) is 19.2 Å². The lowest BCUT2D eigenvalue weighted by atomic mass is 9.62. The van der Waals surface area contributed by atoms with Crippen molar-refractivity contribution < 1.29 is 68.4 Å². The van der Waals surface area contributed by atoms with Crippen LogP contribution in [0.15, 0.2) is 30.3 Å². The number of nitrogens with zero attached hydrogens (tertiary/aromatic N) is 2. The van der Waals surface area contributed by atoms with Gasteiger partial charge in [0.15, 0.2) is 18.1 Å². The smallest absolute Gasteiger partial charge is 0.327 e. The topological polar surface area (TPSA) is 226 Å². The second-order valence-electron chi connectivity index (χ2n) is 17.1. The van der Waals surface area contributed by atoms with Crippen LogP contribution in [0, 0.1) is 5.41 Å². The molecule has 60 heavy (non-hydrogen) atoms. The van der Waals surface area contributed by atoms with Gasteiger partial charge in [-0.25, -0.2) is 0 Å². The number of nitrogens with one attached hydrogen (secondary N) is 1. The van der Waals surface area contributed by atoms with E-state index >= 15 is 4.79 Å². The first-order valence-corrected chi connectivity index (χ1v) is 21.9. The van der Waals surface area contributed by atoms with E-state index in [0.29, 0.717) is 32.2 Å². The molecule has 2 bridgehead atoms. The maximum absolute atomic E-state index is 15.3. The third-order valence-electron chi connectivity index (χ3n) is 13.0. The number of ether oxygens (including phenoxy) is 5. The van der Waals surface area contributed by atoms with Crippen LogP contribution in [-0.2, 0) is 49.5 Å². The molecule has 0 unspecified atom stereocenters. The fourth-order valence-electron chi connectivity index (χ4n) is 10.0. The maximum atomic E-state index is 15.3. The number of hydrogen-bond donors (Lipinski definition) is 6. The summed E-state index contributed by atoms with van der Waals surface area (Å²) in [7, 11) is 0. The summed E-state index contributed by atoms with van der Waals surface area (Å²) in [5.74, 6) is -2.22. The Morgan fingerprint density at radius 1 is 1.00 bits per heavy atom. The molecule has 0 spiro atoms. The molecular weight excluding hydrogens is 782 g/mol. The fraction of sp³-hybridized carbons (Fsp3) is 0.744. The largest absolute Gasteiger partial charge is 0.458 e. The number of benzene rings is 1. The Kier molecular flexibility index (Phi) is 14.6. The third-order valence-corrected chi connectivity index (χ3v) is 13.0. The van der Waals surface area contributed by atoms with Crippen molar-refractivity contribution in [2.45, 2.75) is 164 Å². The summed E-state index contributed by atoms with van der Waals surface area (Å²) < 4.78 is 31.2. The zero-order valence-corrected chi connectivity index (χ0v) is 34.6. The van der Waals surface area contributed by atoms with E-state index < -0.39 is 91.0 Å². The molecule has 334 valence electrons. The lowest BCUT2D eigenvalue weighted by Crippen LogP contribution is -2.70. The van der Waals surface area contributed by atoms with Gasteiger partial charge in [-0.2, -0.15) is 5.06 Å². The number of aliphatic hydroxyl groups is 5. The van der Waals surface area contributed by atoms with E-state index in [0.717, 1.165) is 49.7 Å². The molecule has 1 aromatic rings. The van der Waals surface area contributed by atoms with Gasteiger partial charge in [0.2, 0.25) is 11.8 Å². The van der Waals surface area contributed by atoms with Crippen LogP contribution in [0.25, 0.3) is 6.08 Å². The van der Waals surface area contributed by atoms with Crippen LogP contribution in [-0.4, -0.2) is 159 Å². The standard InChI is InChI=1S/C43H63N3O14/c1-3-5-7-16-42(17-8-6-4-2)58-34-29-23-43(41(54)45-19-10-15-28(45)38(52)44-18-20-47)36(39(53)56-29)46(60-37(43)35(34)59-42)24-27-13-9-12-26(22-27)14-11-21-55-40-33(51)32(50)31(49)30(25-48)57-40/h9,11-14,22,28-37,40,47-51H,3-8,10,15-21,23-25H2,1-2H3,(H,44,52)/t28-,29-,30-,31+,32+,33-,34+,35+,36+,37-,40+,43+/m1/s1. The van der Waals surface area contributed by atoms with Gasteiger partial charge in [-0.3, -0.25) is 19.2 Å². The van der Waals surface area contributed by atoms with Crippen LogP contribution in [0.3, 0.4) is 0 Å². The molecule has 2 amide bonds. The number of hydrogen-bond acceptors (Lipinski definition) is 15. The Morgan fingerprint density at radius 2 is 1.75 bits per heavy atom. The minimum absolute atomic E-state index is 0.0257. The van der Waals surface area contributed by atoms with Gasteiger partial charge in [0, 0.05) is 32.4 Å². The van der Waals surface area contributed by atoms with E-state index in [1.54, 1.807) is 22.1 Å². The number of unbranched alkanes of at least 4 members (excludes halogenated alkanes) is 4. The summed E-state index contributed by atoms with van der Waals surface area (Å²) in [4.78, 5) is 51.5. The van der Waals surface area contributed by atoms with Gasteiger partial charge >= 0.3 is 5.97 Å². The number of amides is 2. The molecule has 0 aromatic heterocycles. The molecule has 5 aliphatic heterocycles. The average Bonchev–Trinajstić information content (AvgIpc) is 3.98. The molecule has 17 heteroatoms. The first-order chi connectivity index (χ1) is 29.0. The number of aliphatic hydroxyl groups excluding tert-OH is 5. The van der Waals surface area contributed by atoms with Crippen LogP contribution >= 0.6 is 0 Å². The van der Waals surface area contributed by atoms with Crippen LogP contribution in [0.1, 0.15) is 95.6 Å². The fourth-order valence-corrected chi connectivity index (χ4v) is 10.0. The molecule has 1 saturated carbocycles. The highest BCUT2D eigenvalue weighted by molar-refractivity contribution is 5.96. The van der Waals surface area contributed by atoms with Crippen molar-refractivity contribution in [3.05, 3.63) is 41.5 Å². The molecule has 6 N–H and O–H groups in total. The van der Waals surface area contributed by atoms with Crippen LogP contribution in [0.5, 0.6) is 0 Å². The number of fused-ring (bicyclic) bond motifs is 4. The molecule has 7 rings (SSSR count). The highest BCUT2D eigenvalue weighted by Gasteiger charge is 2.77. The predicted octanol–water partition coefficient (Wildman–Crippen LogP) is 1.06. The van der Waals surface area contributed by atoms with Crippen LogP contribution in [0.4, 0.5) is 0 Å². The van der Waals surface area contributed by atoms with Gasteiger partial charge in [0.25, 0.3) is 0 Å². The predicted molar refractivity (Wildman–Crippen MR) is 212 cm³/mol. The molecule has 5 heterocycles. The number of esters is 1. The van der Waals surface area contributed by atoms with Gasteiger partial charge in [0.05, 0.1) is 26.4 Å². The van der Waals surface area contributed by atoms with E-state index in [1.807, 2.05) is 24.3 Å². The molecular formula is C43H63N3O14. The lowest BCUT2D eigenvalue weighted by molar-refractivity contribution is -0.298. The second-order valence-corrected chi connectivity index (χ2v) is 17.1. The molecule has 12 atom stereocenters. The first-order valence-electron chi connectivity index (χ1n) is 21.9. The summed E-state index contributed by atoms with van der Waals surface area (Å²) in [6.45, 7) is 3.96. The second kappa shape index (κ2) is 19.5. The van der Waals surface area contributed by atoms with Crippen molar-refractivity contribution >= 4 is 23.9 Å². The Hall–Kier alpha value is -3.07. The summed E-state index contributed by atoms with van der Waals surface area (Å²) >= 11 is 0. The number of carbonyl (C=O) groups excluding carboxylic acids is 3. The zero-order chi connectivity index (χ0) is 42.6. The van der Waals surface area contributed by atoms with Gasteiger partial charge in [-0.1, -0.05) is 75.9 Å². The molecule has 6 aliphatic rings. The van der Waals surface area contributed by atoms with E-state index in [-0.39, 0.29) is 44.5 Å². The summed E-state index contributed by atoms with van der Waals surface area (Å²) in [6, 6.07) is 5.58. The van der Waals surface area contributed by atoms with Gasteiger partial charge < -0.3 is 59.4 Å². The van der Waals surface area contributed by atoms with E-state index in [1.165, 1.54) is 0 Å². The number of hydroxylamine groups is 2. The quantitative estimate of drug-likeness (QED) is 0.0846. The summed E-state index contributed by atoms with van der Waals surface area (Å²) in [5, 5.41) is 53.6. The van der Waals surface area contributed by atoms with Crippen molar-refractivity contribution in [1.29, 1.82) is 0 Å². The van der Waals surface area contributed by atoms with E-state index in [4.69, 9.17) is 28.5 Å². The summed E-state index contributed by atoms with van der Waals surface area (Å²) in [5.41, 5.74) is 0.0927. The van der Waals surface area contributed by atoms with Gasteiger partial charge in [-0.15, -0.1) is 0 Å². The normalized spacial score (nSPS) is 35.8. The highest BCUT2D eigenvalue weighted by Crippen LogP contribution is 2.59. The molecule has 6 fully saturated rings. The minimum Gasteiger partial charge on any atom is -0.458 e. The highest BCUT2D eigenvalue weighted by atomic mass is 16.8. The van der Waals surface area contributed by atoms with Crippen molar-refractivity contribution in [1.82, 2.24) is 15.3 Å². The SMILES string of the molecule is CCCCCC1(CCCCC)O[C@@H]2[C@H](O1)[C@H]1ON(Cc3cccc(C=CCO[C@H]4O[C@H](CO)[C@H](O)[C@H](O)[C@H]4O)c3)[C@H]3C(=O)O[C@@H]2C[C@@]13C(=O)N1CCC[C@@H]1C(=O)NCCO. The number of likely N-dealkylation sites (tertiary alicyclic amines) is 1. The van der Waals surface area contributed by atoms with Crippen molar-refractivity contribution in [2.24, 2.45) is 5.41 Å². The Morgan fingerprint density at radius 3 is 2.47 bits per heavy atom. The molecule has 17 nitrogen and oxygen atoms in total. The Balaban J connectivity index is 1.15. The maximum Gasteiger partial charge on any atom is 0.327 e. The number of carbonyl (C=O) groups is 3. The molecule has 5 saturated heterocycles. The molecule has 1 aromatic carbocycles. The molecule has 0 radical (unpaired) electrons. The van der Waals surface area contributed by atoms with Gasteiger partial charge in [-0.05, 0) is 36.8 Å². The van der Waals surface area contributed by atoms with Crippen molar-refractivity contribution in [2.75, 3.05) is 32.9 Å². The van der Waals surface area contributed by atoms with Crippen molar-refractivity contribution in [3.63, 3.8) is 0 Å². The van der Waals surface area contributed by atoms with Crippen molar-refractivity contribution in [3.8, 4) is 0 Å². The average molecular weight is 846 g/mol. The monoisotopic (exact) mass is 845 g/mol. The zero-order valence-electron chi connectivity index (χ0n) is 34.6. The van der Waals surface area contributed by atoms with Gasteiger partial charge in [0.1, 0.15) is 60.3 Å². The third kappa shape index (κ3) is 8.78. The lowest BCUT2D eigenvalue weighted by Gasteiger charge is -2.50. The first kappa shape index (κ1) is 45.0. The molecule has 1 aliphatic carbocycles. The summed E-state index contributed by atoms with van der Waals surface area (Å²) in [6.07, 6.45) is 1.85. The minimum atomic E-state index is -1.55. The van der Waals surface area contributed by atoms with E-state index in [9.17, 15) is 35.1 Å². The Bertz CT molecular complexity index is 1670. The van der Waals surface area contributed by atoms with Crippen LogP contribution < -0.4 is 5.32 Å². The van der Waals surface area contributed by atoms with Crippen LogP contribution in [0.2, 0.25) is 0 Å². The number of rotatable bonds is 19.